The minimum Gasteiger partial charge on any atom is -0.481 e. The Hall–Kier alpha value is -2.59. The fourth-order valence-electron chi connectivity index (χ4n) is 2.39. The molecule has 0 spiro atoms. The first kappa shape index (κ1) is 23.4. The Morgan fingerprint density at radius 3 is 2.18 bits per heavy atom. The van der Waals surface area contributed by atoms with E-state index in [4.69, 9.17) is 10.8 Å². The molecule has 0 unspecified atom stereocenters. The summed E-state index contributed by atoms with van der Waals surface area (Å²) in [5.41, 5.74) is 6.67. The molecule has 0 radical (unpaired) electrons. The standard InChI is InChI=1S/C18H25N3O6S/c1-28-8-7-13(18(26)27)20-17(25)14(10-15(22)23)21-16(24)12(19)9-11-5-3-2-4-6-11/h2-6,12-14H,7-10,19H2,1H3,(H,20,25)(H,21,24)(H,22,23)(H,26,27)/t12-,13-,14-/m0/s1. The molecule has 10 heteroatoms. The molecule has 0 aliphatic heterocycles. The average Bonchev–Trinajstić information content (AvgIpc) is 2.64. The number of thioether (sulfide) groups is 1. The van der Waals surface area contributed by atoms with Crippen molar-refractivity contribution in [3.05, 3.63) is 35.9 Å². The second-order valence-electron chi connectivity index (χ2n) is 6.14. The van der Waals surface area contributed by atoms with Crippen LogP contribution in [0.25, 0.3) is 0 Å². The van der Waals surface area contributed by atoms with Gasteiger partial charge >= 0.3 is 11.9 Å². The largest absolute Gasteiger partial charge is 0.481 e. The summed E-state index contributed by atoms with van der Waals surface area (Å²) in [6.45, 7) is 0. The van der Waals surface area contributed by atoms with Gasteiger partial charge in [-0.3, -0.25) is 14.4 Å². The van der Waals surface area contributed by atoms with Gasteiger partial charge in [-0.15, -0.1) is 0 Å². The van der Waals surface area contributed by atoms with Crippen molar-refractivity contribution in [3.8, 4) is 0 Å². The van der Waals surface area contributed by atoms with E-state index in [1.54, 1.807) is 30.5 Å². The molecule has 0 aliphatic rings. The van der Waals surface area contributed by atoms with E-state index in [1.165, 1.54) is 11.8 Å². The highest BCUT2D eigenvalue weighted by atomic mass is 32.2. The van der Waals surface area contributed by atoms with Crippen molar-refractivity contribution in [1.82, 2.24) is 10.6 Å². The SMILES string of the molecule is CSCC[C@H](NC(=O)[C@H](CC(=O)O)NC(=O)[C@@H](N)Cc1ccccc1)C(=O)O. The molecule has 0 saturated carbocycles. The first-order chi connectivity index (χ1) is 13.2. The first-order valence-electron chi connectivity index (χ1n) is 8.58. The summed E-state index contributed by atoms with van der Waals surface area (Å²) in [7, 11) is 0. The van der Waals surface area contributed by atoms with Crippen molar-refractivity contribution >= 4 is 35.5 Å². The summed E-state index contributed by atoms with van der Waals surface area (Å²) in [5, 5.41) is 22.8. The zero-order valence-corrected chi connectivity index (χ0v) is 16.3. The highest BCUT2D eigenvalue weighted by Crippen LogP contribution is 2.05. The van der Waals surface area contributed by atoms with E-state index in [9.17, 15) is 24.3 Å². The van der Waals surface area contributed by atoms with Crippen LogP contribution in [0.1, 0.15) is 18.4 Å². The van der Waals surface area contributed by atoms with Crippen LogP contribution in [0.15, 0.2) is 30.3 Å². The van der Waals surface area contributed by atoms with Crippen LogP contribution >= 0.6 is 11.8 Å². The van der Waals surface area contributed by atoms with Crippen molar-refractivity contribution in [1.29, 1.82) is 0 Å². The van der Waals surface area contributed by atoms with Crippen LogP contribution in [0.4, 0.5) is 0 Å². The molecule has 0 bridgehead atoms. The van der Waals surface area contributed by atoms with Crippen LogP contribution in [0, 0.1) is 0 Å². The normalized spacial score (nSPS) is 13.8. The average molecular weight is 411 g/mol. The summed E-state index contributed by atoms with van der Waals surface area (Å²) in [4.78, 5) is 47.0. The molecule has 154 valence electrons. The molecule has 0 heterocycles. The number of aliphatic carboxylic acids is 2. The van der Waals surface area contributed by atoms with Gasteiger partial charge in [-0.2, -0.15) is 11.8 Å². The number of hydrogen-bond donors (Lipinski definition) is 5. The van der Waals surface area contributed by atoms with Crippen molar-refractivity contribution in [2.45, 2.75) is 37.4 Å². The van der Waals surface area contributed by atoms with Gasteiger partial charge < -0.3 is 26.6 Å². The maximum Gasteiger partial charge on any atom is 0.326 e. The van der Waals surface area contributed by atoms with Gasteiger partial charge in [0.2, 0.25) is 11.8 Å². The lowest BCUT2D eigenvalue weighted by Crippen LogP contribution is -2.55. The topological polar surface area (TPSA) is 159 Å². The van der Waals surface area contributed by atoms with Crippen LogP contribution in [0.3, 0.4) is 0 Å². The Labute approximate surface area is 167 Å². The van der Waals surface area contributed by atoms with E-state index in [0.717, 1.165) is 5.56 Å². The zero-order chi connectivity index (χ0) is 21.1. The Balaban J connectivity index is 2.77. The van der Waals surface area contributed by atoms with E-state index in [-0.39, 0.29) is 12.8 Å². The number of carbonyl (C=O) groups is 4. The lowest BCUT2D eigenvalue weighted by atomic mass is 10.1. The number of carboxylic acid groups (broad SMARTS) is 2. The Bertz CT molecular complexity index is 685. The Kier molecular flexibility index (Phi) is 10.0. The highest BCUT2D eigenvalue weighted by Gasteiger charge is 2.29. The molecule has 3 atom stereocenters. The fourth-order valence-corrected chi connectivity index (χ4v) is 2.86. The smallest absolute Gasteiger partial charge is 0.326 e. The summed E-state index contributed by atoms with van der Waals surface area (Å²) < 4.78 is 0. The number of nitrogens with one attached hydrogen (secondary N) is 2. The fraction of sp³-hybridized carbons (Fsp3) is 0.444. The third-order valence-corrected chi connectivity index (χ3v) is 4.52. The number of carboxylic acids is 2. The molecule has 0 fully saturated rings. The van der Waals surface area contributed by atoms with Crippen molar-refractivity contribution in [2.75, 3.05) is 12.0 Å². The number of benzene rings is 1. The van der Waals surface area contributed by atoms with E-state index in [1.807, 2.05) is 6.07 Å². The summed E-state index contributed by atoms with van der Waals surface area (Å²) in [6.07, 6.45) is 1.48. The molecule has 0 aromatic heterocycles. The maximum atomic E-state index is 12.4. The van der Waals surface area contributed by atoms with Crippen LogP contribution in [-0.2, 0) is 25.6 Å². The van der Waals surface area contributed by atoms with Crippen molar-refractivity contribution in [3.63, 3.8) is 0 Å². The predicted molar refractivity (Wildman–Crippen MR) is 105 cm³/mol. The number of carbonyl (C=O) groups excluding carboxylic acids is 2. The summed E-state index contributed by atoms with van der Waals surface area (Å²) in [5.74, 6) is -3.62. The first-order valence-corrected chi connectivity index (χ1v) is 9.97. The molecule has 2 amide bonds. The van der Waals surface area contributed by atoms with E-state index < -0.39 is 48.3 Å². The third kappa shape index (κ3) is 8.40. The Morgan fingerprint density at radius 1 is 1.04 bits per heavy atom. The quantitative estimate of drug-likeness (QED) is 0.317. The Morgan fingerprint density at radius 2 is 1.64 bits per heavy atom. The summed E-state index contributed by atoms with van der Waals surface area (Å²) >= 11 is 1.41. The van der Waals surface area contributed by atoms with E-state index >= 15 is 0 Å². The number of hydrogen-bond acceptors (Lipinski definition) is 6. The lowest BCUT2D eigenvalue weighted by molar-refractivity contribution is -0.143. The van der Waals surface area contributed by atoms with Gasteiger partial charge in [-0.25, -0.2) is 4.79 Å². The van der Waals surface area contributed by atoms with Crippen LogP contribution in [-0.4, -0.2) is 64.1 Å². The number of rotatable bonds is 12. The molecular weight excluding hydrogens is 386 g/mol. The molecule has 1 aromatic carbocycles. The predicted octanol–water partition coefficient (Wildman–Crippen LogP) is -0.162. The molecule has 0 aliphatic carbocycles. The van der Waals surface area contributed by atoms with Crippen molar-refractivity contribution in [2.24, 2.45) is 5.73 Å². The minimum absolute atomic E-state index is 0.170. The molecule has 0 saturated heterocycles. The maximum absolute atomic E-state index is 12.4. The van der Waals surface area contributed by atoms with Gasteiger partial charge in [0.1, 0.15) is 12.1 Å². The minimum atomic E-state index is -1.43. The van der Waals surface area contributed by atoms with Gasteiger partial charge in [-0.1, -0.05) is 30.3 Å². The molecular formula is C18H25N3O6S. The molecule has 1 rings (SSSR count). The number of nitrogens with two attached hydrogens (primary N) is 1. The molecule has 9 nitrogen and oxygen atoms in total. The molecule has 28 heavy (non-hydrogen) atoms. The van der Waals surface area contributed by atoms with Crippen LogP contribution < -0.4 is 16.4 Å². The highest BCUT2D eigenvalue weighted by molar-refractivity contribution is 7.98. The van der Waals surface area contributed by atoms with Crippen LogP contribution in [0.2, 0.25) is 0 Å². The van der Waals surface area contributed by atoms with Crippen LogP contribution in [0.5, 0.6) is 0 Å². The van der Waals surface area contributed by atoms with E-state index in [2.05, 4.69) is 10.6 Å². The van der Waals surface area contributed by atoms with Gasteiger partial charge in [0.05, 0.1) is 12.5 Å². The van der Waals surface area contributed by atoms with Crippen molar-refractivity contribution < 1.29 is 29.4 Å². The molecule has 1 aromatic rings. The molecule has 6 N–H and O–H groups in total. The monoisotopic (exact) mass is 411 g/mol. The van der Waals surface area contributed by atoms with E-state index in [0.29, 0.717) is 5.75 Å². The second kappa shape index (κ2) is 12.0. The van der Waals surface area contributed by atoms with Gasteiger partial charge in [0.15, 0.2) is 0 Å². The zero-order valence-electron chi connectivity index (χ0n) is 15.5. The lowest BCUT2D eigenvalue weighted by Gasteiger charge is -2.22. The second-order valence-corrected chi connectivity index (χ2v) is 7.12. The third-order valence-electron chi connectivity index (χ3n) is 3.87. The van der Waals surface area contributed by atoms with Gasteiger partial charge in [0.25, 0.3) is 0 Å². The summed E-state index contributed by atoms with van der Waals surface area (Å²) in [6, 6.07) is 5.39. The van der Waals surface area contributed by atoms with Gasteiger partial charge in [-0.05, 0) is 30.4 Å². The number of amides is 2. The van der Waals surface area contributed by atoms with Gasteiger partial charge in [0, 0.05) is 0 Å².